The van der Waals surface area contributed by atoms with E-state index >= 15 is 0 Å². The van der Waals surface area contributed by atoms with E-state index in [9.17, 15) is 9.90 Å². The number of nitrogens with zero attached hydrogens (tertiary/aromatic N) is 1. The minimum atomic E-state index is 0.0559. The van der Waals surface area contributed by atoms with Crippen molar-refractivity contribution in [3.63, 3.8) is 0 Å². The highest BCUT2D eigenvalue weighted by molar-refractivity contribution is 8.00. The van der Waals surface area contributed by atoms with Gasteiger partial charge < -0.3 is 10.0 Å². The fourth-order valence-electron chi connectivity index (χ4n) is 2.36. The molecule has 1 saturated heterocycles. The number of carbonyl (C=O) groups is 1. The number of thioether (sulfide) groups is 1. The van der Waals surface area contributed by atoms with Crippen LogP contribution in [-0.4, -0.2) is 34.8 Å². The van der Waals surface area contributed by atoms with E-state index in [1.165, 1.54) is 6.42 Å². The summed E-state index contributed by atoms with van der Waals surface area (Å²) in [6.07, 6.45) is 3.51. The summed E-state index contributed by atoms with van der Waals surface area (Å²) in [6, 6.07) is 5.88. The zero-order valence-electron chi connectivity index (χ0n) is 11.4. The largest absolute Gasteiger partial charge is 0.392 e. The molecule has 1 aromatic carbocycles. The number of amides is 1. The van der Waals surface area contributed by atoms with E-state index in [2.05, 4.69) is 0 Å². The average Bonchev–Trinajstić information content (AvgIpc) is 2.47. The normalized spacial score (nSPS) is 15.6. The number of likely N-dealkylation sites (tertiary alicyclic amines) is 1. The molecule has 0 saturated carbocycles. The Balaban J connectivity index is 1.93. The predicted octanol–water partition coefficient (Wildman–Crippen LogP) is 2.59. The van der Waals surface area contributed by atoms with Crippen LogP contribution in [0.5, 0.6) is 0 Å². The molecule has 104 valence electrons. The van der Waals surface area contributed by atoms with Crippen molar-refractivity contribution in [2.45, 2.75) is 37.7 Å². The Morgan fingerprint density at radius 1 is 1.32 bits per heavy atom. The number of hydrogen-bond acceptors (Lipinski definition) is 3. The van der Waals surface area contributed by atoms with Crippen LogP contribution in [0.4, 0.5) is 0 Å². The lowest BCUT2D eigenvalue weighted by Crippen LogP contribution is -2.36. The first-order valence-corrected chi connectivity index (χ1v) is 7.81. The van der Waals surface area contributed by atoms with E-state index in [1.807, 2.05) is 30.0 Å². The van der Waals surface area contributed by atoms with Crippen molar-refractivity contribution in [2.75, 3.05) is 18.8 Å². The third-order valence-corrected chi connectivity index (χ3v) is 4.77. The summed E-state index contributed by atoms with van der Waals surface area (Å²) in [5.74, 6) is 0.730. The quantitative estimate of drug-likeness (QED) is 0.861. The number of aliphatic hydroxyl groups excluding tert-OH is 1. The van der Waals surface area contributed by atoms with E-state index in [1.54, 1.807) is 11.8 Å². The van der Waals surface area contributed by atoms with E-state index in [4.69, 9.17) is 0 Å². The maximum atomic E-state index is 12.1. The molecule has 3 nitrogen and oxygen atoms in total. The maximum Gasteiger partial charge on any atom is 0.232 e. The molecule has 0 radical (unpaired) electrons. The predicted molar refractivity (Wildman–Crippen MR) is 78.3 cm³/mol. The molecule has 4 heteroatoms. The summed E-state index contributed by atoms with van der Waals surface area (Å²) in [7, 11) is 0. The van der Waals surface area contributed by atoms with E-state index in [0.29, 0.717) is 5.75 Å². The van der Waals surface area contributed by atoms with Gasteiger partial charge in [-0.05, 0) is 43.4 Å². The molecule has 1 heterocycles. The average molecular weight is 279 g/mol. The molecule has 1 N–H and O–H groups in total. The first kappa shape index (κ1) is 14.4. The zero-order valence-corrected chi connectivity index (χ0v) is 12.2. The summed E-state index contributed by atoms with van der Waals surface area (Å²) < 4.78 is 0. The summed E-state index contributed by atoms with van der Waals surface area (Å²) in [4.78, 5) is 15.2. The van der Waals surface area contributed by atoms with Crippen molar-refractivity contribution in [1.82, 2.24) is 4.90 Å². The summed E-state index contributed by atoms with van der Waals surface area (Å²) in [5.41, 5.74) is 2.02. The van der Waals surface area contributed by atoms with Crippen LogP contribution in [0.2, 0.25) is 0 Å². The van der Waals surface area contributed by atoms with Gasteiger partial charge in [-0.15, -0.1) is 11.8 Å². The van der Waals surface area contributed by atoms with Crippen molar-refractivity contribution >= 4 is 17.7 Å². The van der Waals surface area contributed by atoms with E-state index < -0.39 is 0 Å². The number of aliphatic hydroxyl groups is 1. The van der Waals surface area contributed by atoms with Crippen molar-refractivity contribution in [3.05, 3.63) is 29.3 Å². The zero-order chi connectivity index (χ0) is 13.7. The van der Waals surface area contributed by atoms with Gasteiger partial charge in [-0.2, -0.15) is 0 Å². The molecule has 1 aliphatic heterocycles. The van der Waals surface area contributed by atoms with Crippen LogP contribution in [0.3, 0.4) is 0 Å². The van der Waals surface area contributed by atoms with E-state index in [0.717, 1.165) is 42.0 Å². The van der Waals surface area contributed by atoms with Gasteiger partial charge in [-0.25, -0.2) is 0 Å². The molecule has 1 aliphatic rings. The van der Waals surface area contributed by atoms with Gasteiger partial charge in [0, 0.05) is 18.0 Å². The molecule has 0 unspecified atom stereocenters. The summed E-state index contributed by atoms with van der Waals surface area (Å²) in [5, 5.41) is 9.24. The van der Waals surface area contributed by atoms with Crippen LogP contribution in [-0.2, 0) is 11.4 Å². The molecular weight excluding hydrogens is 258 g/mol. The van der Waals surface area contributed by atoms with Crippen LogP contribution in [0.1, 0.15) is 30.4 Å². The van der Waals surface area contributed by atoms with Gasteiger partial charge in [0.1, 0.15) is 0 Å². The van der Waals surface area contributed by atoms with Crippen molar-refractivity contribution in [3.8, 4) is 0 Å². The van der Waals surface area contributed by atoms with Crippen molar-refractivity contribution in [1.29, 1.82) is 0 Å². The molecule has 1 amide bonds. The lowest BCUT2D eigenvalue weighted by atomic mass is 10.1. The molecule has 2 rings (SSSR count). The second-order valence-electron chi connectivity index (χ2n) is 4.93. The number of carbonyl (C=O) groups excluding carboxylic acids is 1. The Bertz CT molecular complexity index is 442. The second-order valence-corrected chi connectivity index (χ2v) is 5.95. The molecule has 0 aromatic heterocycles. The molecule has 0 bridgehead atoms. The summed E-state index contributed by atoms with van der Waals surface area (Å²) >= 11 is 1.58. The molecule has 0 aliphatic carbocycles. The highest BCUT2D eigenvalue weighted by atomic mass is 32.2. The van der Waals surface area contributed by atoms with Gasteiger partial charge in [0.2, 0.25) is 5.91 Å². The number of rotatable bonds is 4. The van der Waals surface area contributed by atoms with E-state index in [-0.39, 0.29) is 12.5 Å². The highest BCUT2D eigenvalue weighted by Crippen LogP contribution is 2.25. The molecule has 1 fully saturated rings. The first-order chi connectivity index (χ1) is 9.22. The minimum Gasteiger partial charge on any atom is -0.392 e. The first-order valence-electron chi connectivity index (χ1n) is 6.82. The topological polar surface area (TPSA) is 40.5 Å². The van der Waals surface area contributed by atoms with Gasteiger partial charge in [0.05, 0.1) is 12.4 Å². The number of hydrogen-bond donors (Lipinski definition) is 1. The Hall–Kier alpha value is -1.00. The van der Waals surface area contributed by atoms with Crippen LogP contribution in [0.15, 0.2) is 23.1 Å². The fraction of sp³-hybridized carbons (Fsp3) is 0.533. The lowest BCUT2D eigenvalue weighted by Gasteiger charge is -2.26. The van der Waals surface area contributed by atoms with Crippen LogP contribution in [0, 0.1) is 6.92 Å². The second kappa shape index (κ2) is 6.96. The Morgan fingerprint density at radius 3 is 2.74 bits per heavy atom. The summed E-state index contributed by atoms with van der Waals surface area (Å²) in [6.45, 7) is 3.88. The maximum absolute atomic E-state index is 12.1. The van der Waals surface area contributed by atoms with Crippen LogP contribution >= 0.6 is 11.8 Å². The van der Waals surface area contributed by atoms with Gasteiger partial charge in [0.15, 0.2) is 0 Å². The molecule has 1 aromatic rings. The Labute approximate surface area is 119 Å². The third-order valence-electron chi connectivity index (χ3n) is 3.63. The Morgan fingerprint density at radius 2 is 2.05 bits per heavy atom. The number of benzene rings is 1. The number of piperidine rings is 1. The monoisotopic (exact) mass is 279 g/mol. The van der Waals surface area contributed by atoms with Crippen molar-refractivity contribution < 1.29 is 9.90 Å². The van der Waals surface area contributed by atoms with Crippen molar-refractivity contribution in [2.24, 2.45) is 0 Å². The smallest absolute Gasteiger partial charge is 0.232 e. The van der Waals surface area contributed by atoms with Gasteiger partial charge in [0.25, 0.3) is 0 Å². The van der Waals surface area contributed by atoms with Gasteiger partial charge in [-0.3, -0.25) is 4.79 Å². The molecular formula is C15H21NO2S. The minimum absolute atomic E-state index is 0.0559. The van der Waals surface area contributed by atoms with Crippen LogP contribution < -0.4 is 0 Å². The molecule has 19 heavy (non-hydrogen) atoms. The SMILES string of the molecule is Cc1c(CO)cccc1SCC(=O)N1CCCCC1. The molecule has 0 spiro atoms. The molecule has 0 atom stereocenters. The van der Waals surface area contributed by atoms with Gasteiger partial charge >= 0.3 is 0 Å². The Kier molecular flexibility index (Phi) is 5.28. The third kappa shape index (κ3) is 3.74. The fourth-order valence-corrected chi connectivity index (χ4v) is 3.35. The highest BCUT2D eigenvalue weighted by Gasteiger charge is 2.16. The van der Waals surface area contributed by atoms with Gasteiger partial charge in [-0.1, -0.05) is 12.1 Å². The lowest BCUT2D eigenvalue weighted by molar-refractivity contribution is -0.129. The standard InChI is InChI=1S/C15H21NO2S/c1-12-13(10-17)6-5-7-14(12)19-11-15(18)16-8-3-2-4-9-16/h5-7,17H,2-4,8-11H2,1H3. The van der Waals surface area contributed by atoms with Crippen LogP contribution in [0.25, 0.3) is 0 Å².